The monoisotopic (exact) mass is 479 g/mol. The maximum absolute atomic E-state index is 14.0. The van der Waals surface area contributed by atoms with Gasteiger partial charge in [0.1, 0.15) is 23.2 Å². The van der Waals surface area contributed by atoms with Gasteiger partial charge in [0.15, 0.2) is 5.82 Å². The fourth-order valence-corrected chi connectivity index (χ4v) is 3.70. The molecule has 2 aromatic heterocycles. The van der Waals surface area contributed by atoms with Crippen LogP contribution in [0.2, 0.25) is 0 Å². The number of carbonyl (C=O) groups is 1. The number of nitrogens with zero attached hydrogens (tertiary/aromatic N) is 4. The first-order chi connectivity index (χ1) is 16.9. The van der Waals surface area contributed by atoms with Gasteiger partial charge in [-0.05, 0) is 30.2 Å². The molecule has 1 amide bonds. The fraction of sp³-hybridized carbons (Fsp3) is 0.167. The Kier molecular flexibility index (Phi) is 6.84. The van der Waals surface area contributed by atoms with E-state index in [4.69, 9.17) is 4.74 Å². The van der Waals surface area contributed by atoms with Gasteiger partial charge in [-0.3, -0.25) is 9.36 Å². The van der Waals surface area contributed by atoms with Gasteiger partial charge in [-0.1, -0.05) is 30.3 Å². The van der Waals surface area contributed by atoms with Crippen molar-refractivity contribution >= 4 is 11.6 Å². The summed E-state index contributed by atoms with van der Waals surface area (Å²) in [7, 11) is 0. The highest BCUT2D eigenvalue weighted by Gasteiger charge is 2.25. The Labute approximate surface area is 197 Å². The number of carboxylic acid groups (broad SMARTS) is 1. The quantitative estimate of drug-likeness (QED) is 0.373. The molecule has 0 spiro atoms. The van der Waals surface area contributed by atoms with Crippen molar-refractivity contribution < 1.29 is 23.4 Å². The van der Waals surface area contributed by atoms with E-state index in [-0.39, 0.29) is 42.2 Å². The Bertz CT molecular complexity index is 1460. The second-order valence-corrected chi connectivity index (χ2v) is 7.59. The van der Waals surface area contributed by atoms with Crippen molar-refractivity contribution in [2.45, 2.75) is 19.1 Å². The van der Waals surface area contributed by atoms with Gasteiger partial charge in [-0.25, -0.2) is 18.1 Å². The molecular weight excluding hydrogens is 460 g/mol. The third-order valence-electron chi connectivity index (χ3n) is 5.21. The number of nitriles is 1. The van der Waals surface area contributed by atoms with Crippen molar-refractivity contribution in [2.75, 3.05) is 6.61 Å². The van der Waals surface area contributed by atoms with Gasteiger partial charge in [-0.15, -0.1) is 0 Å². The maximum atomic E-state index is 14.0. The van der Waals surface area contributed by atoms with E-state index in [2.05, 4.69) is 10.4 Å². The first-order valence-electron chi connectivity index (χ1n) is 10.5. The zero-order valence-corrected chi connectivity index (χ0v) is 18.2. The lowest BCUT2D eigenvalue weighted by atomic mass is 10.1. The van der Waals surface area contributed by atoms with E-state index in [1.165, 1.54) is 12.3 Å². The van der Waals surface area contributed by atoms with Gasteiger partial charge in [0.25, 0.3) is 5.56 Å². The number of benzene rings is 2. The second-order valence-electron chi connectivity index (χ2n) is 7.59. The minimum Gasteiger partial charge on any atom is -0.465 e. The van der Waals surface area contributed by atoms with Gasteiger partial charge in [-0.2, -0.15) is 10.4 Å². The Morgan fingerprint density at radius 2 is 1.89 bits per heavy atom. The van der Waals surface area contributed by atoms with Crippen LogP contribution in [-0.2, 0) is 11.3 Å². The van der Waals surface area contributed by atoms with E-state index >= 15 is 0 Å². The lowest BCUT2D eigenvalue weighted by molar-refractivity contribution is 0.109. The molecule has 0 fully saturated rings. The van der Waals surface area contributed by atoms with Crippen LogP contribution in [0.5, 0.6) is 0 Å². The van der Waals surface area contributed by atoms with Crippen LogP contribution in [0, 0.1) is 23.0 Å². The highest BCUT2D eigenvalue weighted by molar-refractivity contribution is 5.65. The summed E-state index contributed by atoms with van der Waals surface area (Å²) in [6.07, 6.45) is 0.0369. The van der Waals surface area contributed by atoms with Crippen LogP contribution in [0.15, 0.2) is 65.6 Å². The Morgan fingerprint density at radius 1 is 1.17 bits per heavy atom. The number of fused-ring (bicyclic) bond motifs is 1. The molecule has 178 valence electrons. The van der Waals surface area contributed by atoms with Crippen molar-refractivity contribution in [1.82, 2.24) is 19.5 Å². The predicted molar refractivity (Wildman–Crippen MR) is 120 cm³/mol. The molecule has 11 heteroatoms. The van der Waals surface area contributed by atoms with Gasteiger partial charge >= 0.3 is 6.09 Å². The van der Waals surface area contributed by atoms with Crippen LogP contribution in [-0.4, -0.2) is 32.0 Å². The Hall–Kier alpha value is -4.56. The predicted octanol–water partition coefficient (Wildman–Crippen LogP) is 3.55. The summed E-state index contributed by atoms with van der Waals surface area (Å²) in [5, 5.41) is 25.4. The molecule has 0 aliphatic heterocycles. The standard InChI is InChI=1S/C24H19F2N5O4/c25-17-10-18(26)12-19(11-17)31-22(29-30-8-6-16(13-27)21(30)23(31)32)20(28-24(33)34)7-9-35-14-15-4-2-1-3-5-15/h1-6,8,10-12,20,28H,7,9,14H2,(H,33,34). The molecule has 2 heterocycles. The summed E-state index contributed by atoms with van der Waals surface area (Å²) in [4.78, 5) is 25.0. The van der Waals surface area contributed by atoms with Crippen LogP contribution in [0.1, 0.15) is 29.4 Å². The van der Waals surface area contributed by atoms with E-state index in [1.807, 2.05) is 36.4 Å². The highest BCUT2D eigenvalue weighted by atomic mass is 19.1. The van der Waals surface area contributed by atoms with E-state index in [0.29, 0.717) is 6.07 Å². The molecule has 9 nitrogen and oxygen atoms in total. The normalized spacial score (nSPS) is 11.8. The molecule has 2 N–H and O–H groups in total. The summed E-state index contributed by atoms with van der Waals surface area (Å²) >= 11 is 0. The number of nitrogens with one attached hydrogen (secondary N) is 1. The number of ether oxygens (including phenoxy) is 1. The fourth-order valence-electron chi connectivity index (χ4n) is 3.70. The minimum atomic E-state index is -1.39. The van der Waals surface area contributed by atoms with Crippen LogP contribution in [0.25, 0.3) is 11.2 Å². The van der Waals surface area contributed by atoms with Gasteiger partial charge in [0.2, 0.25) is 0 Å². The van der Waals surface area contributed by atoms with E-state index in [9.17, 15) is 28.7 Å². The topological polar surface area (TPSA) is 122 Å². The zero-order chi connectivity index (χ0) is 24.9. The van der Waals surface area contributed by atoms with Crippen LogP contribution < -0.4 is 10.9 Å². The summed E-state index contributed by atoms with van der Waals surface area (Å²) < 4.78 is 35.8. The first-order valence-corrected chi connectivity index (χ1v) is 10.5. The average molecular weight is 479 g/mol. The summed E-state index contributed by atoms with van der Waals surface area (Å²) in [5.74, 6) is -2.01. The minimum absolute atomic E-state index is 0.00798. The van der Waals surface area contributed by atoms with Gasteiger partial charge in [0, 0.05) is 18.9 Å². The molecule has 1 atom stereocenters. The van der Waals surface area contributed by atoms with E-state index in [1.54, 1.807) is 0 Å². The summed E-state index contributed by atoms with van der Waals surface area (Å²) in [6.45, 7) is 0.360. The lowest BCUT2D eigenvalue weighted by Crippen LogP contribution is -2.35. The number of hydrogen-bond acceptors (Lipinski definition) is 5. The molecule has 0 radical (unpaired) electrons. The molecule has 0 saturated heterocycles. The molecule has 1 unspecified atom stereocenters. The molecule has 0 aliphatic rings. The highest BCUT2D eigenvalue weighted by Crippen LogP contribution is 2.21. The van der Waals surface area contributed by atoms with Gasteiger partial charge in [0.05, 0.1) is 23.9 Å². The zero-order valence-electron chi connectivity index (χ0n) is 18.2. The molecule has 35 heavy (non-hydrogen) atoms. The van der Waals surface area contributed by atoms with Crippen molar-refractivity contribution in [3.8, 4) is 11.8 Å². The van der Waals surface area contributed by atoms with Crippen LogP contribution >= 0.6 is 0 Å². The average Bonchev–Trinajstić information content (AvgIpc) is 3.24. The van der Waals surface area contributed by atoms with Crippen LogP contribution in [0.4, 0.5) is 13.6 Å². The number of rotatable bonds is 8. The van der Waals surface area contributed by atoms with E-state index in [0.717, 1.165) is 26.8 Å². The molecule has 0 bridgehead atoms. The van der Waals surface area contributed by atoms with Gasteiger partial charge < -0.3 is 15.2 Å². The first kappa shape index (κ1) is 23.6. The molecule has 0 aliphatic carbocycles. The second kappa shape index (κ2) is 10.1. The largest absolute Gasteiger partial charge is 0.465 e. The smallest absolute Gasteiger partial charge is 0.405 e. The summed E-state index contributed by atoms with van der Waals surface area (Å²) in [5.41, 5.74) is -0.184. The molecular formula is C24H19F2N5O4. The molecule has 4 rings (SSSR count). The lowest BCUT2D eigenvalue weighted by Gasteiger charge is -2.21. The number of amides is 1. The third kappa shape index (κ3) is 5.18. The molecule has 0 saturated carbocycles. The SMILES string of the molecule is N#Cc1ccn2nc(C(CCOCc3ccccc3)NC(=O)O)n(-c3cc(F)cc(F)c3)c(=O)c12. The number of aromatic nitrogens is 3. The van der Waals surface area contributed by atoms with Crippen molar-refractivity contribution in [1.29, 1.82) is 5.26 Å². The third-order valence-corrected chi connectivity index (χ3v) is 5.21. The number of hydrogen-bond donors (Lipinski definition) is 2. The maximum Gasteiger partial charge on any atom is 0.405 e. The van der Waals surface area contributed by atoms with Crippen LogP contribution in [0.3, 0.4) is 0 Å². The van der Waals surface area contributed by atoms with Crippen molar-refractivity contribution in [3.05, 3.63) is 99.7 Å². The molecule has 2 aromatic carbocycles. The Balaban J connectivity index is 1.78. The summed E-state index contributed by atoms with van der Waals surface area (Å²) in [6, 6.07) is 14.0. The number of halogens is 2. The Morgan fingerprint density at radius 3 is 2.54 bits per heavy atom. The van der Waals surface area contributed by atoms with Crippen molar-refractivity contribution in [3.63, 3.8) is 0 Å². The molecule has 4 aromatic rings. The van der Waals surface area contributed by atoms with Crippen molar-refractivity contribution in [2.24, 2.45) is 0 Å². The van der Waals surface area contributed by atoms with E-state index < -0.39 is 29.3 Å².